The van der Waals surface area contributed by atoms with Gasteiger partial charge in [0.25, 0.3) is 0 Å². The lowest BCUT2D eigenvalue weighted by atomic mass is 10.4. The van der Waals surface area contributed by atoms with Crippen molar-refractivity contribution in [3.05, 3.63) is 35.4 Å². The lowest BCUT2D eigenvalue weighted by Gasteiger charge is -2.05. The third-order valence-corrected chi connectivity index (χ3v) is 2.76. The second-order valence-electron chi connectivity index (χ2n) is 4.28. The minimum absolute atomic E-state index is 0.0402. The number of nitrogens with one attached hydrogen (secondary N) is 1. The predicted molar refractivity (Wildman–Crippen MR) is 71.8 cm³/mol. The van der Waals surface area contributed by atoms with Gasteiger partial charge in [-0.3, -0.25) is 14.2 Å². The van der Waals surface area contributed by atoms with E-state index in [9.17, 15) is 4.79 Å². The average Bonchev–Trinajstić information content (AvgIpc) is 2.94. The Bertz CT molecular complexity index is 548. The third-order valence-electron chi connectivity index (χ3n) is 2.57. The van der Waals surface area contributed by atoms with Gasteiger partial charge >= 0.3 is 0 Å². The number of rotatable bonds is 6. The largest absolute Gasteiger partial charge is 0.354 e. The van der Waals surface area contributed by atoms with Crippen LogP contribution in [0.3, 0.4) is 0 Å². The quantitative estimate of drug-likeness (QED) is 0.811. The second-order valence-corrected chi connectivity index (χ2v) is 4.72. The SMILES string of the molecule is Cc1ccn(CC(=O)NCCCn2cc(Cl)cn2)n1. The van der Waals surface area contributed by atoms with Crippen molar-refractivity contribution in [3.8, 4) is 0 Å². The molecule has 0 aromatic carbocycles. The van der Waals surface area contributed by atoms with Gasteiger partial charge in [-0.15, -0.1) is 0 Å². The van der Waals surface area contributed by atoms with Crippen LogP contribution in [0.1, 0.15) is 12.1 Å². The molecular formula is C12H16ClN5O. The smallest absolute Gasteiger partial charge is 0.241 e. The van der Waals surface area contributed by atoms with Crippen LogP contribution in [0.4, 0.5) is 0 Å². The van der Waals surface area contributed by atoms with Crippen LogP contribution in [0.25, 0.3) is 0 Å². The van der Waals surface area contributed by atoms with Gasteiger partial charge in [-0.1, -0.05) is 11.6 Å². The summed E-state index contributed by atoms with van der Waals surface area (Å²) in [5.74, 6) is -0.0402. The molecule has 19 heavy (non-hydrogen) atoms. The molecule has 1 N–H and O–H groups in total. The summed E-state index contributed by atoms with van der Waals surface area (Å²) in [6.07, 6.45) is 5.96. The molecule has 0 saturated carbocycles. The maximum absolute atomic E-state index is 11.6. The van der Waals surface area contributed by atoms with Crippen LogP contribution in [0.15, 0.2) is 24.7 Å². The lowest BCUT2D eigenvalue weighted by molar-refractivity contribution is -0.121. The summed E-state index contributed by atoms with van der Waals surface area (Å²) in [4.78, 5) is 11.6. The molecule has 0 atom stereocenters. The number of nitrogens with zero attached hydrogens (tertiary/aromatic N) is 4. The molecule has 0 aliphatic rings. The van der Waals surface area contributed by atoms with Crippen LogP contribution >= 0.6 is 11.6 Å². The van der Waals surface area contributed by atoms with Gasteiger partial charge in [0.1, 0.15) is 6.54 Å². The fourth-order valence-electron chi connectivity index (χ4n) is 1.68. The number of carbonyl (C=O) groups excluding carboxylic acids is 1. The van der Waals surface area contributed by atoms with Crippen molar-refractivity contribution in [1.29, 1.82) is 0 Å². The highest BCUT2D eigenvalue weighted by atomic mass is 35.5. The molecule has 0 unspecified atom stereocenters. The molecule has 2 aromatic heterocycles. The summed E-state index contributed by atoms with van der Waals surface area (Å²) in [6.45, 7) is 3.48. The van der Waals surface area contributed by atoms with E-state index in [1.165, 1.54) is 0 Å². The minimum atomic E-state index is -0.0402. The number of aryl methyl sites for hydroxylation is 2. The van der Waals surface area contributed by atoms with Gasteiger partial charge in [0.05, 0.1) is 16.9 Å². The molecule has 1 amide bonds. The Kier molecular flexibility index (Phi) is 4.57. The van der Waals surface area contributed by atoms with E-state index in [1.54, 1.807) is 28.0 Å². The monoisotopic (exact) mass is 281 g/mol. The number of amides is 1. The van der Waals surface area contributed by atoms with Gasteiger partial charge < -0.3 is 5.32 Å². The first-order chi connectivity index (χ1) is 9.13. The number of aromatic nitrogens is 4. The Balaban J connectivity index is 1.64. The van der Waals surface area contributed by atoms with Crippen molar-refractivity contribution in [2.45, 2.75) is 26.4 Å². The maximum Gasteiger partial charge on any atom is 0.241 e. The van der Waals surface area contributed by atoms with Crippen LogP contribution in [-0.2, 0) is 17.9 Å². The first-order valence-electron chi connectivity index (χ1n) is 6.08. The molecule has 0 radical (unpaired) electrons. The van der Waals surface area contributed by atoms with Crippen molar-refractivity contribution < 1.29 is 4.79 Å². The molecule has 0 bridgehead atoms. The van der Waals surface area contributed by atoms with Gasteiger partial charge in [-0.25, -0.2) is 0 Å². The number of halogens is 1. The van der Waals surface area contributed by atoms with Crippen molar-refractivity contribution in [1.82, 2.24) is 24.9 Å². The van der Waals surface area contributed by atoms with Crippen LogP contribution in [0.5, 0.6) is 0 Å². The number of hydrogen-bond donors (Lipinski definition) is 1. The Hall–Kier alpha value is -1.82. The van der Waals surface area contributed by atoms with Gasteiger partial charge in [-0.05, 0) is 19.4 Å². The van der Waals surface area contributed by atoms with E-state index in [4.69, 9.17) is 11.6 Å². The highest BCUT2D eigenvalue weighted by molar-refractivity contribution is 6.30. The Morgan fingerprint density at radius 2 is 2.32 bits per heavy atom. The van der Waals surface area contributed by atoms with E-state index < -0.39 is 0 Å². The van der Waals surface area contributed by atoms with Crippen molar-refractivity contribution >= 4 is 17.5 Å². The maximum atomic E-state index is 11.6. The predicted octanol–water partition coefficient (Wildman–Crippen LogP) is 1.25. The second kappa shape index (κ2) is 6.38. The van der Waals surface area contributed by atoms with Gasteiger partial charge in [0.2, 0.25) is 5.91 Å². The lowest BCUT2D eigenvalue weighted by Crippen LogP contribution is -2.29. The first kappa shape index (κ1) is 13.6. The molecule has 0 saturated heterocycles. The van der Waals surface area contributed by atoms with Crippen LogP contribution in [0.2, 0.25) is 5.02 Å². The zero-order valence-corrected chi connectivity index (χ0v) is 11.5. The molecule has 7 heteroatoms. The fourth-order valence-corrected chi connectivity index (χ4v) is 1.84. The van der Waals surface area contributed by atoms with E-state index in [2.05, 4.69) is 15.5 Å². The Morgan fingerprint density at radius 3 is 2.95 bits per heavy atom. The summed E-state index contributed by atoms with van der Waals surface area (Å²) < 4.78 is 3.38. The summed E-state index contributed by atoms with van der Waals surface area (Å²) in [5.41, 5.74) is 0.906. The fraction of sp³-hybridized carbons (Fsp3) is 0.417. The molecule has 6 nitrogen and oxygen atoms in total. The average molecular weight is 282 g/mol. The van der Waals surface area contributed by atoms with Crippen molar-refractivity contribution in [2.24, 2.45) is 0 Å². The molecule has 2 aromatic rings. The van der Waals surface area contributed by atoms with E-state index in [0.717, 1.165) is 18.7 Å². The number of carbonyl (C=O) groups is 1. The third kappa shape index (κ3) is 4.40. The Morgan fingerprint density at radius 1 is 1.47 bits per heavy atom. The van der Waals surface area contributed by atoms with E-state index >= 15 is 0 Å². The zero-order chi connectivity index (χ0) is 13.7. The van der Waals surface area contributed by atoms with Crippen molar-refractivity contribution in [3.63, 3.8) is 0 Å². The van der Waals surface area contributed by atoms with Crippen LogP contribution in [0, 0.1) is 6.92 Å². The number of hydrogen-bond acceptors (Lipinski definition) is 3. The zero-order valence-electron chi connectivity index (χ0n) is 10.7. The summed E-state index contributed by atoms with van der Waals surface area (Å²) >= 11 is 5.75. The van der Waals surface area contributed by atoms with E-state index in [0.29, 0.717) is 11.6 Å². The van der Waals surface area contributed by atoms with Gasteiger partial charge in [0, 0.05) is 25.5 Å². The summed E-state index contributed by atoms with van der Waals surface area (Å²) in [6, 6.07) is 1.87. The van der Waals surface area contributed by atoms with Gasteiger partial charge in [-0.2, -0.15) is 10.2 Å². The molecule has 2 rings (SSSR count). The van der Waals surface area contributed by atoms with Crippen molar-refractivity contribution in [2.75, 3.05) is 6.54 Å². The molecular weight excluding hydrogens is 266 g/mol. The minimum Gasteiger partial charge on any atom is -0.354 e. The molecule has 0 aliphatic heterocycles. The highest BCUT2D eigenvalue weighted by Gasteiger charge is 2.03. The topological polar surface area (TPSA) is 64.7 Å². The van der Waals surface area contributed by atoms with Crippen LogP contribution in [-0.4, -0.2) is 32.0 Å². The Labute approximate surface area is 116 Å². The highest BCUT2D eigenvalue weighted by Crippen LogP contribution is 2.04. The standard InChI is InChI=1S/C12H16ClN5O/c1-10-3-6-18(16-10)9-12(19)14-4-2-5-17-8-11(13)7-15-17/h3,6-8H,2,4-5,9H2,1H3,(H,14,19). The van der Waals surface area contributed by atoms with E-state index in [1.807, 2.05) is 13.0 Å². The normalized spacial score (nSPS) is 10.6. The first-order valence-corrected chi connectivity index (χ1v) is 6.46. The van der Waals surface area contributed by atoms with Crippen LogP contribution < -0.4 is 5.32 Å². The van der Waals surface area contributed by atoms with E-state index in [-0.39, 0.29) is 12.5 Å². The molecule has 0 spiro atoms. The summed E-state index contributed by atoms with van der Waals surface area (Å²) in [7, 11) is 0. The van der Waals surface area contributed by atoms with Gasteiger partial charge in [0.15, 0.2) is 0 Å². The molecule has 102 valence electrons. The molecule has 0 fully saturated rings. The molecule has 0 aliphatic carbocycles. The summed E-state index contributed by atoms with van der Waals surface area (Å²) in [5, 5.41) is 11.7. The molecule has 2 heterocycles.